The number of methoxy groups -OCH3 is 1. The van der Waals surface area contributed by atoms with Crippen LogP contribution in [0.4, 0.5) is 5.82 Å². The van der Waals surface area contributed by atoms with Crippen molar-refractivity contribution in [2.75, 3.05) is 51.3 Å². The van der Waals surface area contributed by atoms with Gasteiger partial charge in [0.05, 0.1) is 12.9 Å². The van der Waals surface area contributed by atoms with E-state index in [1.165, 1.54) is 4.57 Å². The molecule has 0 atom stereocenters. The van der Waals surface area contributed by atoms with Crippen LogP contribution in [0.5, 0.6) is 0 Å². The topological polar surface area (TPSA) is 50.6 Å². The minimum Gasteiger partial charge on any atom is -0.383 e. The standard InChI is InChI=1S/C12H20N4O2/c1-14-10-13-11(9-12(14)17)16-5-3-15(4-6-16)7-8-18-2/h9-10H,3-8H2,1-2H3. The molecule has 0 unspecified atom stereocenters. The molecule has 2 rings (SSSR count). The van der Waals surface area contributed by atoms with Gasteiger partial charge in [-0.2, -0.15) is 0 Å². The smallest absolute Gasteiger partial charge is 0.255 e. The molecule has 0 aliphatic carbocycles. The van der Waals surface area contributed by atoms with Crippen molar-refractivity contribution >= 4 is 5.82 Å². The van der Waals surface area contributed by atoms with Crippen LogP contribution in [0.15, 0.2) is 17.2 Å². The van der Waals surface area contributed by atoms with E-state index in [0.717, 1.165) is 45.1 Å². The van der Waals surface area contributed by atoms with Crippen molar-refractivity contribution in [3.05, 3.63) is 22.7 Å². The molecule has 0 aromatic carbocycles. The first-order valence-corrected chi connectivity index (χ1v) is 6.19. The summed E-state index contributed by atoms with van der Waals surface area (Å²) in [6.45, 7) is 5.52. The number of hydrogen-bond acceptors (Lipinski definition) is 5. The second-order valence-electron chi connectivity index (χ2n) is 4.52. The highest BCUT2D eigenvalue weighted by molar-refractivity contribution is 5.37. The van der Waals surface area contributed by atoms with Crippen LogP contribution < -0.4 is 10.5 Å². The number of hydrogen-bond donors (Lipinski definition) is 0. The van der Waals surface area contributed by atoms with Crippen molar-refractivity contribution in [1.82, 2.24) is 14.5 Å². The van der Waals surface area contributed by atoms with Crippen molar-refractivity contribution in [1.29, 1.82) is 0 Å². The molecule has 0 spiro atoms. The summed E-state index contributed by atoms with van der Waals surface area (Å²) in [4.78, 5) is 20.4. The lowest BCUT2D eigenvalue weighted by molar-refractivity contribution is 0.144. The van der Waals surface area contributed by atoms with Crippen molar-refractivity contribution in [3.63, 3.8) is 0 Å². The number of aromatic nitrogens is 2. The lowest BCUT2D eigenvalue weighted by Gasteiger charge is -2.35. The average Bonchev–Trinajstić information content (AvgIpc) is 2.40. The molecule has 6 heteroatoms. The second-order valence-corrected chi connectivity index (χ2v) is 4.52. The summed E-state index contributed by atoms with van der Waals surface area (Å²) in [7, 11) is 3.43. The number of ether oxygens (including phenoxy) is 1. The Bertz CT molecular complexity index is 438. The molecule has 0 amide bonds. The van der Waals surface area contributed by atoms with Crippen LogP contribution in [-0.2, 0) is 11.8 Å². The molecule has 0 bridgehead atoms. The van der Waals surface area contributed by atoms with Crippen molar-refractivity contribution < 1.29 is 4.74 Å². The fourth-order valence-corrected chi connectivity index (χ4v) is 2.05. The zero-order valence-electron chi connectivity index (χ0n) is 11.0. The van der Waals surface area contributed by atoms with Crippen LogP contribution in [0.25, 0.3) is 0 Å². The van der Waals surface area contributed by atoms with Gasteiger partial charge < -0.3 is 14.2 Å². The molecular weight excluding hydrogens is 232 g/mol. The van der Waals surface area contributed by atoms with Crippen LogP contribution in [0.1, 0.15) is 0 Å². The highest BCUT2D eigenvalue weighted by Crippen LogP contribution is 2.10. The van der Waals surface area contributed by atoms with E-state index >= 15 is 0 Å². The van der Waals surface area contributed by atoms with E-state index in [4.69, 9.17) is 4.74 Å². The monoisotopic (exact) mass is 252 g/mol. The molecule has 18 heavy (non-hydrogen) atoms. The summed E-state index contributed by atoms with van der Waals surface area (Å²) < 4.78 is 6.56. The molecule has 2 heterocycles. The van der Waals surface area contributed by atoms with Gasteiger partial charge in [-0.25, -0.2) is 4.98 Å². The lowest BCUT2D eigenvalue weighted by Crippen LogP contribution is -2.47. The third kappa shape index (κ3) is 3.08. The predicted molar refractivity (Wildman–Crippen MR) is 70.0 cm³/mol. The van der Waals surface area contributed by atoms with E-state index in [-0.39, 0.29) is 5.56 Å². The molecule has 1 aromatic rings. The summed E-state index contributed by atoms with van der Waals surface area (Å²) >= 11 is 0. The minimum atomic E-state index is -0.0122. The van der Waals surface area contributed by atoms with E-state index < -0.39 is 0 Å². The summed E-state index contributed by atoms with van der Waals surface area (Å²) in [5.74, 6) is 0.782. The van der Waals surface area contributed by atoms with E-state index in [2.05, 4.69) is 14.8 Å². The van der Waals surface area contributed by atoms with Gasteiger partial charge in [0.1, 0.15) is 5.82 Å². The number of piperazine rings is 1. The Labute approximate surface area is 107 Å². The maximum absolute atomic E-state index is 11.6. The molecule has 1 aliphatic rings. The zero-order chi connectivity index (χ0) is 13.0. The molecule has 6 nitrogen and oxygen atoms in total. The van der Waals surface area contributed by atoms with E-state index in [0.29, 0.717) is 0 Å². The van der Waals surface area contributed by atoms with Crippen molar-refractivity contribution in [2.45, 2.75) is 0 Å². The molecular formula is C12H20N4O2. The molecule has 1 fully saturated rings. The molecule has 0 radical (unpaired) electrons. The van der Waals surface area contributed by atoms with E-state index in [1.807, 2.05) is 0 Å². The first kappa shape index (κ1) is 13.0. The van der Waals surface area contributed by atoms with Crippen molar-refractivity contribution in [2.24, 2.45) is 7.05 Å². The third-order valence-electron chi connectivity index (χ3n) is 3.27. The maximum atomic E-state index is 11.6. The van der Waals surface area contributed by atoms with E-state index in [9.17, 15) is 4.79 Å². The van der Waals surface area contributed by atoms with Crippen LogP contribution in [0, 0.1) is 0 Å². The number of anilines is 1. The van der Waals surface area contributed by atoms with Crippen LogP contribution >= 0.6 is 0 Å². The maximum Gasteiger partial charge on any atom is 0.255 e. The Morgan fingerprint density at radius 2 is 2.06 bits per heavy atom. The first-order chi connectivity index (χ1) is 8.70. The van der Waals surface area contributed by atoms with Gasteiger partial charge in [0.15, 0.2) is 0 Å². The first-order valence-electron chi connectivity index (χ1n) is 6.19. The highest BCUT2D eigenvalue weighted by atomic mass is 16.5. The zero-order valence-corrected chi connectivity index (χ0v) is 11.0. The molecule has 0 saturated carbocycles. The van der Waals surface area contributed by atoms with Crippen LogP contribution in [0.2, 0.25) is 0 Å². The Morgan fingerprint density at radius 3 is 2.67 bits per heavy atom. The Balaban J connectivity index is 1.93. The fourth-order valence-electron chi connectivity index (χ4n) is 2.05. The van der Waals surface area contributed by atoms with Gasteiger partial charge in [0.2, 0.25) is 0 Å². The Morgan fingerprint density at radius 1 is 1.33 bits per heavy atom. The summed E-state index contributed by atoms with van der Waals surface area (Å²) in [6.07, 6.45) is 1.58. The van der Waals surface area contributed by atoms with Gasteiger partial charge in [-0.15, -0.1) is 0 Å². The SMILES string of the molecule is COCCN1CCN(c2cc(=O)n(C)cn2)CC1. The lowest BCUT2D eigenvalue weighted by atomic mass is 10.3. The summed E-state index contributed by atoms with van der Waals surface area (Å²) in [5.41, 5.74) is -0.0122. The van der Waals surface area contributed by atoms with E-state index in [1.54, 1.807) is 26.6 Å². The average molecular weight is 252 g/mol. The second kappa shape index (κ2) is 5.97. The van der Waals surface area contributed by atoms with Gasteiger partial charge in [-0.05, 0) is 0 Å². The van der Waals surface area contributed by atoms with Crippen LogP contribution in [-0.4, -0.2) is 60.9 Å². The van der Waals surface area contributed by atoms with Crippen molar-refractivity contribution in [3.8, 4) is 0 Å². The minimum absolute atomic E-state index is 0.0122. The van der Waals surface area contributed by atoms with Gasteiger partial charge in [0.25, 0.3) is 5.56 Å². The normalized spacial score (nSPS) is 17.1. The number of aryl methyl sites for hydroxylation is 1. The quantitative estimate of drug-likeness (QED) is 0.726. The third-order valence-corrected chi connectivity index (χ3v) is 3.27. The van der Waals surface area contributed by atoms with Crippen LogP contribution in [0.3, 0.4) is 0 Å². The summed E-state index contributed by atoms with van der Waals surface area (Å²) in [5, 5.41) is 0. The van der Waals surface area contributed by atoms with Gasteiger partial charge in [-0.1, -0.05) is 0 Å². The molecule has 1 aliphatic heterocycles. The highest BCUT2D eigenvalue weighted by Gasteiger charge is 2.17. The number of nitrogens with zero attached hydrogens (tertiary/aromatic N) is 4. The van der Waals surface area contributed by atoms with Gasteiger partial charge in [-0.3, -0.25) is 9.69 Å². The van der Waals surface area contributed by atoms with Gasteiger partial charge in [0, 0.05) is 52.9 Å². The van der Waals surface area contributed by atoms with Gasteiger partial charge >= 0.3 is 0 Å². The number of rotatable bonds is 4. The molecule has 1 saturated heterocycles. The largest absolute Gasteiger partial charge is 0.383 e. The molecule has 1 aromatic heterocycles. The molecule has 100 valence electrons. The predicted octanol–water partition coefficient (Wildman–Crippen LogP) is -0.451. The molecule has 0 N–H and O–H groups in total. The Kier molecular flexibility index (Phi) is 4.33. The fraction of sp³-hybridized carbons (Fsp3) is 0.667. The summed E-state index contributed by atoms with van der Waals surface area (Å²) in [6, 6.07) is 1.60. The Hall–Kier alpha value is -1.40.